The fraction of sp³-hybridized carbons (Fsp3) is 0.286. The second kappa shape index (κ2) is 8.74. The number of rotatable bonds is 3. The molecule has 2 N–H and O–H groups in total. The van der Waals surface area contributed by atoms with Crippen LogP contribution >= 0.6 is 0 Å². The highest BCUT2D eigenvalue weighted by Gasteiger charge is 2.41. The molecule has 0 aliphatic carbocycles. The molecule has 0 radical (unpaired) electrons. The number of hydrogen-bond donors (Lipinski definition) is 2. The van der Waals surface area contributed by atoms with Crippen molar-refractivity contribution in [2.75, 3.05) is 29.9 Å². The molecule has 15 heteroatoms. The highest BCUT2D eigenvalue weighted by Crippen LogP contribution is 2.35. The van der Waals surface area contributed by atoms with E-state index in [9.17, 15) is 30.8 Å². The number of amides is 1. The first-order chi connectivity index (χ1) is 17.0. The van der Waals surface area contributed by atoms with Crippen molar-refractivity contribution in [2.45, 2.75) is 10.9 Å². The quantitative estimate of drug-likeness (QED) is 0.395. The predicted molar refractivity (Wildman–Crippen MR) is 117 cm³/mol. The van der Waals surface area contributed by atoms with Crippen LogP contribution in [0.3, 0.4) is 0 Å². The van der Waals surface area contributed by atoms with E-state index in [1.807, 2.05) is 0 Å². The zero-order chi connectivity index (χ0) is 25.8. The van der Waals surface area contributed by atoms with Crippen molar-refractivity contribution in [3.8, 4) is 5.75 Å². The topological polar surface area (TPSA) is 118 Å². The third-order valence-electron chi connectivity index (χ3n) is 5.93. The van der Waals surface area contributed by atoms with Gasteiger partial charge in [0.25, 0.3) is 5.91 Å². The van der Waals surface area contributed by atoms with Crippen LogP contribution in [0.4, 0.5) is 29.2 Å². The summed E-state index contributed by atoms with van der Waals surface area (Å²) in [5, 5.41) is 2.23. The lowest BCUT2D eigenvalue weighted by molar-refractivity contribution is 0.101. The van der Waals surface area contributed by atoms with Crippen LogP contribution < -0.4 is 19.7 Å². The van der Waals surface area contributed by atoms with Crippen molar-refractivity contribution in [3.63, 3.8) is 0 Å². The van der Waals surface area contributed by atoms with Crippen LogP contribution in [0.1, 0.15) is 10.5 Å². The van der Waals surface area contributed by atoms with Gasteiger partial charge in [-0.3, -0.25) is 4.79 Å². The lowest BCUT2D eigenvalue weighted by Gasteiger charge is -2.23. The van der Waals surface area contributed by atoms with Crippen LogP contribution in [0.2, 0.25) is 0 Å². The fourth-order valence-electron chi connectivity index (χ4n) is 4.25. The first-order valence-corrected chi connectivity index (χ1v) is 12.0. The Morgan fingerprint density at radius 1 is 1.14 bits per heavy atom. The normalized spacial score (nSPS) is 20.6. The van der Waals surface area contributed by atoms with Crippen molar-refractivity contribution < 1.29 is 35.5 Å². The number of carbonyl (C=O) groups is 1. The van der Waals surface area contributed by atoms with Gasteiger partial charge < -0.3 is 19.5 Å². The van der Waals surface area contributed by atoms with Crippen molar-refractivity contribution in [1.82, 2.24) is 19.3 Å². The first-order valence-electron chi connectivity index (χ1n) is 10.6. The van der Waals surface area contributed by atoms with Gasteiger partial charge in [-0.05, 0) is 0 Å². The molecule has 190 valence electrons. The van der Waals surface area contributed by atoms with Crippen LogP contribution in [0.5, 0.6) is 5.75 Å². The van der Waals surface area contributed by atoms with E-state index in [1.165, 1.54) is 17.8 Å². The minimum atomic E-state index is -4.17. The highest BCUT2D eigenvalue weighted by atomic mass is 32.2. The third kappa shape index (κ3) is 4.24. The van der Waals surface area contributed by atoms with E-state index in [4.69, 9.17) is 4.74 Å². The number of halogens is 4. The number of aryl methyl sites for hydroxylation is 1. The SMILES string of the molecule is Cn1cc2c(c1C(=O)Nc1cc(F)c(F)c(F)c1)OCC1CN(c3ncc(F)cn3)CC1NS2(=O)=O. The van der Waals surface area contributed by atoms with Crippen LogP contribution in [-0.2, 0) is 17.1 Å². The summed E-state index contributed by atoms with van der Waals surface area (Å²) in [6.07, 6.45) is 3.18. The van der Waals surface area contributed by atoms with E-state index in [2.05, 4.69) is 20.0 Å². The summed E-state index contributed by atoms with van der Waals surface area (Å²) in [7, 11) is -2.77. The van der Waals surface area contributed by atoms with E-state index >= 15 is 0 Å². The molecule has 1 amide bonds. The molecule has 4 heterocycles. The number of benzene rings is 1. The Morgan fingerprint density at radius 3 is 2.47 bits per heavy atom. The molecule has 0 bridgehead atoms. The molecule has 2 atom stereocenters. The van der Waals surface area contributed by atoms with Crippen molar-refractivity contribution >= 4 is 27.6 Å². The molecular formula is C21H18F4N6O4S. The molecule has 5 rings (SSSR count). The van der Waals surface area contributed by atoms with Crippen molar-refractivity contribution in [1.29, 1.82) is 0 Å². The predicted octanol–water partition coefficient (Wildman–Crippen LogP) is 1.80. The van der Waals surface area contributed by atoms with Crippen molar-refractivity contribution in [3.05, 3.63) is 59.7 Å². The van der Waals surface area contributed by atoms with E-state index in [-0.39, 0.29) is 53.6 Å². The summed E-state index contributed by atoms with van der Waals surface area (Å²) in [6.45, 7) is 0.495. The average Bonchev–Trinajstić information content (AvgIpc) is 3.35. The van der Waals surface area contributed by atoms with Crippen LogP contribution in [0, 0.1) is 29.2 Å². The highest BCUT2D eigenvalue weighted by molar-refractivity contribution is 7.89. The maximum Gasteiger partial charge on any atom is 0.276 e. The second-order valence-electron chi connectivity index (χ2n) is 8.40. The third-order valence-corrected chi connectivity index (χ3v) is 7.41. The van der Waals surface area contributed by atoms with Gasteiger partial charge in [-0.2, -0.15) is 0 Å². The summed E-state index contributed by atoms with van der Waals surface area (Å²) >= 11 is 0. The summed E-state index contributed by atoms with van der Waals surface area (Å²) < 4.78 is 89.6. The van der Waals surface area contributed by atoms with Gasteiger partial charge in [0.05, 0.1) is 19.0 Å². The molecule has 1 aromatic carbocycles. The molecule has 2 aromatic heterocycles. The summed E-state index contributed by atoms with van der Waals surface area (Å²) in [4.78, 5) is 22.2. The number of ether oxygens (including phenoxy) is 1. The van der Waals surface area contributed by atoms with Gasteiger partial charge in [0.2, 0.25) is 16.0 Å². The minimum absolute atomic E-state index is 0.00196. The Bertz CT molecular complexity index is 1440. The molecule has 3 aromatic rings. The Hall–Kier alpha value is -3.72. The van der Waals surface area contributed by atoms with Gasteiger partial charge in [-0.1, -0.05) is 0 Å². The number of sulfonamides is 1. The summed E-state index contributed by atoms with van der Waals surface area (Å²) in [5.41, 5.74) is -0.598. The monoisotopic (exact) mass is 526 g/mol. The van der Waals surface area contributed by atoms with Crippen LogP contribution in [0.25, 0.3) is 0 Å². The lowest BCUT2D eigenvalue weighted by atomic mass is 10.1. The Balaban J connectivity index is 1.43. The van der Waals surface area contributed by atoms with Crippen molar-refractivity contribution in [2.24, 2.45) is 13.0 Å². The minimum Gasteiger partial charge on any atom is -0.489 e. The maximum atomic E-state index is 13.6. The molecule has 1 fully saturated rings. The van der Waals surface area contributed by atoms with E-state index < -0.39 is 45.2 Å². The molecular weight excluding hydrogens is 508 g/mol. The number of carbonyl (C=O) groups excluding carboxylic acids is 1. The van der Waals surface area contributed by atoms with Gasteiger partial charge in [0.15, 0.2) is 34.7 Å². The molecule has 1 saturated heterocycles. The van der Waals surface area contributed by atoms with Gasteiger partial charge in [-0.15, -0.1) is 0 Å². The number of fused-ring (bicyclic) bond motifs is 2. The number of hydrogen-bond acceptors (Lipinski definition) is 7. The molecule has 2 aliphatic rings. The van der Waals surface area contributed by atoms with Gasteiger partial charge in [0, 0.05) is 56.1 Å². The number of nitrogens with zero attached hydrogens (tertiary/aromatic N) is 4. The number of anilines is 2. The Labute approximate surface area is 202 Å². The first kappa shape index (κ1) is 24.0. The van der Waals surface area contributed by atoms with Crippen LogP contribution in [0.15, 0.2) is 35.6 Å². The standard InChI is InChI=1S/C21H18F4N6O4S/c1-30-8-16-19(18(30)20(32)28-12-2-13(23)17(25)14(24)3-12)35-9-10-6-31(7-15(10)29-36(16,33)34)21-26-4-11(22)5-27-21/h2-5,8,10,15,29H,6-7,9H2,1H3,(H,28,32). The smallest absolute Gasteiger partial charge is 0.276 e. The molecule has 0 spiro atoms. The maximum absolute atomic E-state index is 13.6. The number of aromatic nitrogens is 3. The van der Waals surface area contributed by atoms with E-state index in [0.717, 1.165) is 12.4 Å². The lowest BCUT2D eigenvalue weighted by Crippen LogP contribution is -2.43. The molecule has 0 saturated carbocycles. The summed E-state index contributed by atoms with van der Waals surface area (Å²) in [6, 6.07) is 0.605. The second-order valence-corrected chi connectivity index (χ2v) is 10.1. The molecule has 2 unspecified atom stereocenters. The molecule has 36 heavy (non-hydrogen) atoms. The zero-order valence-electron chi connectivity index (χ0n) is 18.5. The van der Waals surface area contributed by atoms with Gasteiger partial charge in [0.1, 0.15) is 4.90 Å². The Morgan fingerprint density at radius 2 is 1.81 bits per heavy atom. The largest absolute Gasteiger partial charge is 0.489 e. The van der Waals surface area contributed by atoms with E-state index in [0.29, 0.717) is 12.1 Å². The van der Waals surface area contributed by atoms with Gasteiger partial charge >= 0.3 is 0 Å². The Kier molecular flexibility index (Phi) is 5.83. The fourth-order valence-corrected chi connectivity index (χ4v) is 5.74. The van der Waals surface area contributed by atoms with E-state index in [1.54, 1.807) is 4.90 Å². The number of nitrogens with one attached hydrogen (secondary N) is 2. The van der Waals surface area contributed by atoms with Crippen LogP contribution in [-0.4, -0.2) is 54.6 Å². The zero-order valence-corrected chi connectivity index (χ0v) is 19.3. The summed E-state index contributed by atoms with van der Waals surface area (Å²) in [5.74, 6) is -6.64. The molecule has 2 aliphatic heterocycles. The average molecular weight is 526 g/mol. The molecule has 10 nitrogen and oxygen atoms in total. The van der Waals surface area contributed by atoms with Gasteiger partial charge in [-0.25, -0.2) is 40.7 Å².